The van der Waals surface area contributed by atoms with Gasteiger partial charge in [-0.15, -0.1) is 0 Å². The number of rotatable bonds is 4. The van der Waals surface area contributed by atoms with E-state index in [1.54, 1.807) is 0 Å². The molecular formula is C19H32N6S. The van der Waals surface area contributed by atoms with E-state index < -0.39 is 0 Å². The van der Waals surface area contributed by atoms with E-state index in [-0.39, 0.29) is 0 Å². The van der Waals surface area contributed by atoms with Crippen molar-refractivity contribution in [3.8, 4) is 0 Å². The van der Waals surface area contributed by atoms with Crippen LogP contribution in [0.2, 0.25) is 0 Å². The fourth-order valence-corrected chi connectivity index (χ4v) is 4.16. The summed E-state index contributed by atoms with van der Waals surface area (Å²) in [5.74, 6) is 3.33. The van der Waals surface area contributed by atoms with Crippen LogP contribution in [0.15, 0.2) is 6.07 Å². The van der Waals surface area contributed by atoms with E-state index in [1.807, 2.05) is 6.92 Å². The van der Waals surface area contributed by atoms with Crippen LogP contribution >= 0.6 is 12.2 Å². The van der Waals surface area contributed by atoms with Crippen molar-refractivity contribution in [2.24, 2.45) is 5.92 Å². The van der Waals surface area contributed by atoms with Crippen molar-refractivity contribution in [3.05, 3.63) is 6.07 Å². The average molecular weight is 377 g/mol. The lowest BCUT2D eigenvalue weighted by molar-refractivity contribution is 0.444. The first-order valence-electron chi connectivity index (χ1n) is 10.0. The van der Waals surface area contributed by atoms with Crippen LogP contribution in [-0.4, -0.2) is 47.3 Å². The number of piperidine rings is 2. The average Bonchev–Trinajstić information content (AvgIpc) is 2.62. The second kappa shape index (κ2) is 8.84. The molecule has 3 rings (SSSR count). The second-order valence-electron chi connectivity index (χ2n) is 7.62. The summed E-state index contributed by atoms with van der Waals surface area (Å²) in [6, 6.07) is 2.68. The highest BCUT2D eigenvalue weighted by molar-refractivity contribution is 7.80. The number of nitrogens with one attached hydrogen (secondary N) is 2. The fourth-order valence-electron chi connectivity index (χ4n) is 3.93. The SMILES string of the molecule is CCNC(=S)Nc1nc(N2CCCC(C)C2)cc(N2CCCCC2C)n1. The largest absolute Gasteiger partial charge is 0.363 e. The van der Waals surface area contributed by atoms with Crippen LogP contribution in [0.5, 0.6) is 0 Å². The van der Waals surface area contributed by atoms with Crippen LogP contribution in [0, 0.1) is 5.92 Å². The Hall–Kier alpha value is -1.63. The van der Waals surface area contributed by atoms with E-state index >= 15 is 0 Å². The molecule has 0 spiro atoms. The molecule has 1 aromatic rings. The third kappa shape index (κ3) is 4.75. The molecule has 2 atom stereocenters. The van der Waals surface area contributed by atoms with Crippen LogP contribution in [0.4, 0.5) is 17.6 Å². The highest BCUT2D eigenvalue weighted by Crippen LogP contribution is 2.29. The van der Waals surface area contributed by atoms with Gasteiger partial charge in [0.2, 0.25) is 5.95 Å². The minimum absolute atomic E-state index is 0.514. The Morgan fingerprint density at radius 2 is 1.96 bits per heavy atom. The Morgan fingerprint density at radius 3 is 2.69 bits per heavy atom. The first-order chi connectivity index (χ1) is 12.6. The normalized spacial score (nSPS) is 23.7. The molecule has 0 aliphatic carbocycles. The second-order valence-corrected chi connectivity index (χ2v) is 8.03. The Labute approximate surface area is 162 Å². The summed E-state index contributed by atoms with van der Waals surface area (Å²) in [5.41, 5.74) is 0. The van der Waals surface area contributed by atoms with Gasteiger partial charge in [0.05, 0.1) is 0 Å². The number of aromatic nitrogens is 2. The summed E-state index contributed by atoms with van der Waals surface area (Å²) < 4.78 is 0. The molecule has 0 bridgehead atoms. The highest BCUT2D eigenvalue weighted by Gasteiger charge is 2.24. The van der Waals surface area contributed by atoms with Gasteiger partial charge in [-0.05, 0) is 64.1 Å². The first kappa shape index (κ1) is 19.1. The molecule has 2 saturated heterocycles. The van der Waals surface area contributed by atoms with Gasteiger partial charge in [0, 0.05) is 38.3 Å². The molecule has 2 fully saturated rings. The van der Waals surface area contributed by atoms with Gasteiger partial charge in [0.1, 0.15) is 11.6 Å². The van der Waals surface area contributed by atoms with Crippen molar-refractivity contribution in [2.45, 2.75) is 58.9 Å². The molecule has 0 aromatic carbocycles. The lowest BCUT2D eigenvalue weighted by Crippen LogP contribution is -2.39. The molecule has 144 valence electrons. The number of anilines is 3. The van der Waals surface area contributed by atoms with Crippen molar-refractivity contribution in [3.63, 3.8) is 0 Å². The molecule has 0 radical (unpaired) electrons. The van der Waals surface area contributed by atoms with E-state index in [2.05, 4.69) is 40.3 Å². The number of hydrogen-bond donors (Lipinski definition) is 2. The molecule has 0 amide bonds. The molecule has 6 nitrogen and oxygen atoms in total. The van der Waals surface area contributed by atoms with Crippen LogP contribution in [-0.2, 0) is 0 Å². The van der Waals surface area contributed by atoms with Gasteiger partial charge in [-0.3, -0.25) is 0 Å². The summed E-state index contributed by atoms with van der Waals surface area (Å²) in [5, 5.41) is 6.87. The number of thiocarbonyl (C=S) groups is 1. The summed E-state index contributed by atoms with van der Waals surface area (Å²) >= 11 is 5.35. The quantitative estimate of drug-likeness (QED) is 0.781. The predicted molar refractivity (Wildman–Crippen MR) is 113 cm³/mol. The molecule has 26 heavy (non-hydrogen) atoms. The van der Waals surface area contributed by atoms with Gasteiger partial charge in [0.15, 0.2) is 5.11 Å². The maximum Gasteiger partial charge on any atom is 0.232 e. The topological polar surface area (TPSA) is 56.3 Å². The summed E-state index contributed by atoms with van der Waals surface area (Å²) in [4.78, 5) is 14.4. The monoisotopic (exact) mass is 376 g/mol. The molecular weight excluding hydrogens is 344 g/mol. The minimum Gasteiger partial charge on any atom is -0.363 e. The van der Waals surface area contributed by atoms with Gasteiger partial charge in [0.25, 0.3) is 0 Å². The number of nitrogens with zero attached hydrogens (tertiary/aromatic N) is 4. The van der Waals surface area contributed by atoms with Gasteiger partial charge in [-0.25, -0.2) is 0 Å². The maximum atomic E-state index is 5.35. The highest BCUT2D eigenvalue weighted by atomic mass is 32.1. The van der Waals surface area contributed by atoms with Crippen LogP contribution in [0.3, 0.4) is 0 Å². The summed E-state index contributed by atoms with van der Waals surface area (Å²) in [7, 11) is 0. The summed E-state index contributed by atoms with van der Waals surface area (Å²) in [6.07, 6.45) is 6.27. The van der Waals surface area contributed by atoms with E-state index in [1.165, 1.54) is 32.1 Å². The van der Waals surface area contributed by atoms with Gasteiger partial charge < -0.3 is 20.4 Å². The van der Waals surface area contributed by atoms with Gasteiger partial charge >= 0.3 is 0 Å². The Kier molecular flexibility index (Phi) is 6.51. The zero-order valence-corrected chi connectivity index (χ0v) is 17.1. The molecule has 2 aliphatic heterocycles. The molecule has 2 aliphatic rings. The lowest BCUT2D eigenvalue weighted by Gasteiger charge is -2.36. The van der Waals surface area contributed by atoms with Crippen molar-refractivity contribution in [1.82, 2.24) is 15.3 Å². The molecule has 7 heteroatoms. The van der Waals surface area contributed by atoms with Gasteiger partial charge in [-0.1, -0.05) is 6.92 Å². The molecule has 1 aromatic heterocycles. The van der Waals surface area contributed by atoms with Crippen molar-refractivity contribution < 1.29 is 0 Å². The maximum absolute atomic E-state index is 5.35. The van der Waals surface area contributed by atoms with E-state index in [0.29, 0.717) is 23.0 Å². The minimum atomic E-state index is 0.514. The zero-order valence-electron chi connectivity index (χ0n) is 16.3. The Balaban J connectivity index is 1.89. The van der Waals surface area contributed by atoms with Crippen LogP contribution in [0.25, 0.3) is 0 Å². The lowest BCUT2D eigenvalue weighted by atomic mass is 10.0. The van der Waals surface area contributed by atoms with Crippen LogP contribution < -0.4 is 20.4 Å². The van der Waals surface area contributed by atoms with Crippen molar-refractivity contribution >= 4 is 34.9 Å². The Bertz CT molecular complexity index is 622. The first-order valence-corrected chi connectivity index (χ1v) is 10.4. The van der Waals surface area contributed by atoms with E-state index in [0.717, 1.165) is 37.8 Å². The summed E-state index contributed by atoms with van der Waals surface area (Å²) in [6.45, 7) is 10.6. The third-order valence-corrected chi connectivity index (χ3v) is 5.59. The van der Waals surface area contributed by atoms with E-state index in [9.17, 15) is 0 Å². The van der Waals surface area contributed by atoms with Gasteiger partial charge in [-0.2, -0.15) is 9.97 Å². The Morgan fingerprint density at radius 1 is 1.15 bits per heavy atom. The van der Waals surface area contributed by atoms with Crippen molar-refractivity contribution in [1.29, 1.82) is 0 Å². The van der Waals surface area contributed by atoms with Crippen LogP contribution in [0.1, 0.15) is 52.9 Å². The third-order valence-electron chi connectivity index (χ3n) is 5.34. The zero-order chi connectivity index (χ0) is 18.5. The number of hydrogen-bond acceptors (Lipinski definition) is 5. The van der Waals surface area contributed by atoms with E-state index in [4.69, 9.17) is 22.2 Å². The molecule has 2 N–H and O–H groups in total. The standard InChI is InChI=1S/C19H32N6S/c1-4-20-19(26)23-18-21-16(24-10-7-8-14(2)13-24)12-17(22-18)25-11-6-5-9-15(25)3/h12,14-15H,4-11,13H2,1-3H3,(H2,20,21,22,23,26). The smallest absolute Gasteiger partial charge is 0.232 e. The van der Waals surface area contributed by atoms with Crippen molar-refractivity contribution in [2.75, 3.05) is 41.3 Å². The molecule has 3 heterocycles. The predicted octanol–water partition coefficient (Wildman–Crippen LogP) is 3.40. The fraction of sp³-hybridized carbons (Fsp3) is 0.737. The molecule has 0 saturated carbocycles. The molecule has 2 unspecified atom stereocenters.